The summed E-state index contributed by atoms with van der Waals surface area (Å²) in [6.45, 7) is 1.06. The number of rotatable bonds is 6. The average Bonchev–Trinajstić information content (AvgIpc) is 3.35. The number of likely N-dealkylation sites (N-methyl/N-ethyl adjacent to an activating group) is 1. The minimum Gasteiger partial charge on any atom is -0.354 e. The number of amides is 1. The van der Waals surface area contributed by atoms with Crippen molar-refractivity contribution in [1.82, 2.24) is 14.8 Å². The van der Waals surface area contributed by atoms with Crippen LogP contribution in [-0.4, -0.2) is 47.3 Å². The second kappa shape index (κ2) is 6.73. The number of fused-ring (bicyclic) bond motifs is 3. The maximum atomic E-state index is 12.0. The van der Waals surface area contributed by atoms with Crippen molar-refractivity contribution < 1.29 is 4.79 Å². The molecule has 0 saturated heterocycles. The van der Waals surface area contributed by atoms with Gasteiger partial charge in [0.15, 0.2) is 0 Å². The standard InChI is InChI=1S/C20H23N3OS/c1-22(13-20(24)21-10-11-25)18-12-19(18)23-16-8-4-2-6-14(16)15-7-3-5-9-17(15)23/h2-9,18-19,25H,10-13H2,1H3,(H,21,24). The molecule has 1 fully saturated rings. The predicted octanol–water partition coefficient (Wildman–Crippen LogP) is 3.09. The van der Waals surface area contributed by atoms with E-state index in [2.05, 4.69) is 75.9 Å². The van der Waals surface area contributed by atoms with Gasteiger partial charge in [0, 0.05) is 40.1 Å². The van der Waals surface area contributed by atoms with Gasteiger partial charge in [-0.05, 0) is 25.6 Å². The van der Waals surface area contributed by atoms with Crippen LogP contribution in [0.2, 0.25) is 0 Å². The lowest BCUT2D eigenvalue weighted by Crippen LogP contribution is -2.37. The van der Waals surface area contributed by atoms with Gasteiger partial charge in [0.05, 0.1) is 12.6 Å². The number of nitrogens with one attached hydrogen (secondary N) is 1. The summed E-state index contributed by atoms with van der Waals surface area (Å²) in [6, 6.07) is 18.0. The third kappa shape index (κ3) is 3.02. The monoisotopic (exact) mass is 353 g/mol. The van der Waals surface area contributed by atoms with Crippen LogP contribution in [-0.2, 0) is 4.79 Å². The fourth-order valence-electron chi connectivity index (χ4n) is 3.83. The van der Waals surface area contributed by atoms with Gasteiger partial charge < -0.3 is 9.88 Å². The molecule has 25 heavy (non-hydrogen) atoms. The van der Waals surface area contributed by atoms with Crippen molar-refractivity contribution in [2.45, 2.75) is 18.5 Å². The number of para-hydroxylation sites is 2. The molecule has 1 heterocycles. The maximum absolute atomic E-state index is 12.0. The molecule has 1 aromatic heterocycles. The SMILES string of the molecule is CN(CC(=O)NCCS)C1CC1n1c2ccccc2c2ccccc21. The van der Waals surface area contributed by atoms with Crippen molar-refractivity contribution in [3.05, 3.63) is 48.5 Å². The van der Waals surface area contributed by atoms with E-state index in [1.165, 1.54) is 21.8 Å². The molecular formula is C20H23N3OS. The van der Waals surface area contributed by atoms with Gasteiger partial charge in [-0.2, -0.15) is 12.6 Å². The van der Waals surface area contributed by atoms with Crippen molar-refractivity contribution in [1.29, 1.82) is 0 Å². The van der Waals surface area contributed by atoms with Crippen LogP contribution in [0.25, 0.3) is 21.8 Å². The Kier molecular flexibility index (Phi) is 4.44. The minimum atomic E-state index is 0.0735. The lowest BCUT2D eigenvalue weighted by molar-refractivity contribution is -0.121. The smallest absolute Gasteiger partial charge is 0.234 e. The summed E-state index contributed by atoms with van der Waals surface area (Å²) in [4.78, 5) is 14.1. The van der Waals surface area contributed by atoms with Crippen LogP contribution >= 0.6 is 12.6 Å². The number of carbonyl (C=O) groups is 1. The number of hydrogen-bond acceptors (Lipinski definition) is 3. The van der Waals surface area contributed by atoms with E-state index in [0.717, 1.165) is 6.42 Å². The topological polar surface area (TPSA) is 37.3 Å². The molecular weight excluding hydrogens is 330 g/mol. The molecule has 130 valence electrons. The van der Waals surface area contributed by atoms with Crippen molar-refractivity contribution in [3.8, 4) is 0 Å². The summed E-state index contributed by atoms with van der Waals surface area (Å²) in [6.07, 6.45) is 1.08. The Labute approximate surface area is 153 Å². The molecule has 1 N–H and O–H groups in total. The molecule has 0 bridgehead atoms. The van der Waals surface area contributed by atoms with E-state index in [0.29, 0.717) is 30.9 Å². The molecule has 0 spiro atoms. The highest BCUT2D eigenvalue weighted by atomic mass is 32.1. The Balaban J connectivity index is 1.60. The van der Waals surface area contributed by atoms with Gasteiger partial charge in [0.1, 0.15) is 0 Å². The summed E-state index contributed by atoms with van der Waals surface area (Å²) in [5, 5.41) is 5.50. The van der Waals surface area contributed by atoms with E-state index in [1.807, 2.05) is 7.05 Å². The zero-order valence-corrected chi connectivity index (χ0v) is 15.2. The number of nitrogens with zero attached hydrogens (tertiary/aromatic N) is 2. The number of thiol groups is 1. The van der Waals surface area contributed by atoms with Crippen LogP contribution < -0.4 is 5.32 Å². The average molecular weight is 353 g/mol. The largest absolute Gasteiger partial charge is 0.354 e. The molecule has 2 aromatic carbocycles. The highest BCUT2D eigenvalue weighted by molar-refractivity contribution is 7.80. The molecule has 2 unspecified atom stereocenters. The van der Waals surface area contributed by atoms with Crippen LogP contribution in [0, 0.1) is 0 Å². The Morgan fingerprint density at radius 3 is 2.36 bits per heavy atom. The van der Waals surface area contributed by atoms with Gasteiger partial charge in [-0.3, -0.25) is 9.69 Å². The first-order valence-corrected chi connectivity index (χ1v) is 9.39. The van der Waals surface area contributed by atoms with Crippen LogP contribution in [0.5, 0.6) is 0 Å². The molecule has 4 rings (SSSR count). The molecule has 3 aromatic rings. The molecule has 1 aliphatic rings. The van der Waals surface area contributed by atoms with Crippen LogP contribution in [0.3, 0.4) is 0 Å². The fourth-order valence-corrected chi connectivity index (χ4v) is 3.94. The summed E-state index contributed by atoms with van der Waals surface area (Å²) in [5.74, 6) is 0.743. The predicted molar refractivity (Wildman–Crippen MR) is 106 cm³/mol. The molecule has 1 amide bonds. The van der Waals surface area contributed by atoms with E-state index >= 15 is 0 Å². The van der Waals surface area contributed by atoms with Gasteiger partial charge >= 0.3 is 0 Å². The lowest BCUT2D eigenvalue weighted by Gasteiger charge is -2.17. The third-order valence-corrected chi connectivity index (χ3v) is 5.29. The van der Waals surface area contributed by atoms with Crippen molar-refractivity contribution >= 4 is 40.3 Å². The maximum Gasteiger partial charge on any atom is 0.234 e. The Morgan fingerprint density at radius 1 is 1.16 bits per heavy atom. The number of benzene rings is 2. The first-order valence-electron chi connectivity index (χ1n) is 8.76. The van der Waals surface area contributed by atoms with E-state index in [4.69, 9.17) is 0 Å². The zero-order valence-electron chi connectivity index (χ0n) is 14.4. The summed E-state index contributed by atoms with van der Waals surface area (Å²) in [7, 11) is 2.04. The first-order chi connectivity index (χ1) is 12.2. The summed E-state index contributed by atoms with van der Waals surface area (Å²) < 4.78 is 2.46. The molecule has 2 atom stereocenters. The van der Waals surface area contributed by atoms with E-state index < -0.39 is 0 Å². The fraction of sp³-hybridized carbons (Fsp3) is 0.350. The Hall–Kier alpha value is -1.98. The second-order valence-electron chi connectivity index (χ2n) is 6.76. The van der Waals surface area contributed by atoms with Crippen LogP contribution in [0.1, 0.15) is 12.5 Å². The first kappa shape index (κ1) is 16.5. The highest BCUT2D eigenvalue weighted by Gasteiger charge is 2.43. The second-order valence-corrected chi connectivity index (χ2v) is 7.21. The van der Waals surface area contributed by atoms with Gasteiger partial charge in [0.25, 0.3) is 0 Å². The van der Waals surface area contributed by atoms with Gasteiger partial charge in [0.2, 0.25) is 5.91 Å². The quantitative estimate of drug-likeness (QED) is 0.668. The lowest BCUT2D eigenvalue weighted by atomic mass is 10.2. The molecule has 1 saturated carbocycles. The minimum absolute atomic E-state index is 0.0735. The van der Waals surface area contributed by atoms with Crippen molar-refractivity contribution in [2.24, 2.45) is 0 Å². The number of aromatic nitrogens is 1. The van der Waals surface area contributed by atoms with Gasteiger partial charge in [-0.15, -0.1) is 0 Å². The number of hydrogen-bond donors (Lipinski definition) is 2. The summed E-state index contributed by atoms with van der Waals surface area (Å²) in [5.41, 5.74) is 2.56. The van der Waals surface area contributed by atoms with Crippen molar-refractivity contribution in [3.63, 3.8) is 0 Å². The summed E-state index contributed by atoms with van der Waals surface area (Å²) >= 11 is 4.13. The zero-order chi connectivity index (χ0) is 17.4. The van der Waals surface area contributed by atoms with E-state index in [1.54, 1.807) is 0 Å². The van der Waals surface area contributed by atoms with Gasteiger partial charge in [-0.1, -0.05) is 36.4 Å². The Bertz CT molecular complexity index is 866. The molecule has 1 aliphatic carbocycles. The van der Waals surface area contributed by atoms with Gasteiger partial charge in [-0.25, -0.2) is 0 Å². The number of carbonyl (C=O) groups excluding carboxylic acids is 1. The normalized spacial score (nSPS) is 19.6. The van der Waals surface area contributed by atoms with Crippen LogP contribution in [0.15, 0.2) is 48.5 Å². The van der Waals surface area contributed by atoms with E-state index in [9.17, 15) is 4.79 Å². The molecule has 4 nitrogen and oxygen atoms in total. The van der Waals surface area contributed by atoms with Crippen molar-refractivity contribution in [2.75, 3.05) is 25.9 Å². The Morgan fingerprint density at radius 2 is 1.76 bits per heavy atom. The molecule has 0 radical (unpaired) electrons. The highest BCUT2D eigenvalue weighted by Crippen LogP contribution is 2.45. The molecule has 5 heteroatoms. The third-order valence-electron chi connectivity index (χ3n) is 5.07. The molecule has 0 aliphatic heterocycles. The van der Waals surface area contributed by atoms with Crippen LogP contribution in [0.4, 0.5) is 0 Å². The van der Waals surface area contributed by atoms with E-state index in [-0.39, 0.29) is 5.91 Å².